The van der Waals surface area contributed by atoms with Gasteiger partial charge in [-0.1, -0.05) is 23.2 Å². The average Bonchev–Trinajstić information content (AvgIpc) is 2.97. The molecule has 1 aliphatic rings. The number of nitrogens with zero attached hydrogens (tertiary/aromatic N) is 2. The minimum absolute atomic E-state index is 0.154. The lowest BCUT2D eigenvalue weighted by atomic mass is 10.1. The maximum absolute atomic E-state index is 12.3. The maximum Gasteiger partial charge on any atom is 0.256 e. The molecule has 1 aliphatic carbocycles. The Hall–Kier alpha value is -1.61. The molecular weight excluding hydrogens is 329 g/mol. The normalized spacial score (nSPS) is 12.8. The summed E-state index contributed by atoms with van der Waals surface area (Å²) in [5.41, 5.74) is 1.97. The van der Waals surface area contributed by atoms with E-state index in [0.717, 1.165) is 24.8 Å². The van der Waals surface area contributed by atoms with E-state index in [4.69, 9.17) is 23.2 Å². The highest BCUT2D eigenvalue weighted by molar-refractivity contribution is 7.16. The first-order valence-electron chi connectivity index (χ1n) is 6.27. The number of thiophene rings is 1. The highest BCUT2D eigenvalue weighted by atomic mass is 35.5. The Morgan fingerprint density at radius 1 is 1.33 bits per heavy atom. The van der Waals surface area contributed by atoms with Crippen LogP contribution in [-0.4, -0.2) is 10.9 Å². The molecule has 1 N–H and O–H groups in total. The van der Waals surface area contributed by atoms with Crippen molar-refractivity contribution in [2.75, 3.05) is 5.32 Å². The van der Waals surface area contributed by atoms with Crippen molar-refractivity contribution in [3.8, 4) is 6.07 Å². The molecule has 2 heterocycles. The predicted molar refractivity (Wildman–Crippen MR) is 83.3 cm³/mol. The maximum atomic E-state index is 12.3. The van der Waals surface area contributed by atoms with Crippen LogP contribution in [-0.2, 0) is 12.8 Å². The van der Waals surface area contributed by atoms with Crippen molar-refractivity contribution >= 4 is 45.4 Å². The zero-order chi connectivity index (χ0) is 15.0. The van der Waals surface area contributed by atoms with Gasteiger partial charge in [0.15, 0.2) is 0 Å². The van der Waals surface area contributed by atoms with Gasteiger partial charge in [-0.05, 0) is 37.0 Å². The number of amides is 1. The number of nitriles is 1. The Balaban J connectivity index is 1.90. The van der Waals surface area contributed by atoms with Gasteiger partial charge in [0.05, 0.1) is 5.56 Å². The molecule has 0 aromatic carbocycles. The molecule has 2 aromatic heterocycles. The van der Waals surface area contributed by atoms with Gasteiger partial charge < -0.3 is 5.32 Å². The Bertz CT molecular complexity index is 759. The number of hydrogen-bond donors (Lipinski definition) is 1. The second kappa shape index (κ2) is 5.64. The molecule has 0 fully saturated rings. The number of pyridine rings is 1. The third-order valence-electron chi connectivity index (χ3n) is 3.29. The lowest BCUT2D eigenvalue weighted by molar-refractivity contribution is 0.102. The molecule has 0 atom stereocenters. The minimum atomic E-state index is -0.349. The van der Waals surface area contributed by atoms with E-state index in [9.17, 15) is 10.1 Å². The summed E-state index contributed by atoms with van der Waals surface area (Å²) in [5.74, 6) is -0.349. The predicted octanol–water partition coefficient (Wildman–Crippen LogP) is 4.06. The van der Waals surface area contributed by atoms with Gasteiger partial charge in [0.1, 0.15) is 21.4 Å². The number of hydrogen-bond acceptors (Lipinski definition) is 4. The van der Waals surface area contributed by atoms with Crippen molar-refractivity contribution in [2.24, 2.45) is 0 Å². The molecule has 21 heavy (non-hydrogen) atoms. The fourth-order valence-electron chi connectivity index (χ4n) is 2.38. The van der Waals surface area contributed by atoms with Crippen LogP contribution in [0.5, 0.6) is 0 Å². The molecular formula is C14H9Cl2N3OS. The molecule has 1 amide bonds. The van der Waals surface area contributed by atoms with Crippen LogP contribution in [0.25, 0.3) is 0 Å². The molecule has 106 valence electrons. The molecule has 0 bridgehead atoms. The zero-order valence-electron chi connectivity index (χ0n) is 10.7. The number of aromatic nitrogens is 1. The highest BCUT2D eigenvalue weighted by Gasteiger charge is 2.23. The van der Waals surface area contributed by atoms with E-state index in [1.54, 1.807) is 0 Å². The molecule has 0 saturated carbocycles. The molecule has 2 aromatic rings. The standard InChI is InChI=1S/C14H9Cl2N3OS/c15-11-4-7(5-12(16)18-11)13(20)19-14-9(6-17)8-2-1-3-10(8)21-14/h4-5H,1-3H2,(H,19,20). The first kappa shape index (κ1) is 14.3. The van der Waals surface area contributed by atoms with Crippen LogP contribution in [0.2, 0.25) is 10.3 Å². The molecule has 3 rings (SSSR count). The third kappa shape index (κ3) is 2.75. The van der Waals surface area contributed by atoms with Crippen LogP contribution >= 0.6 is 34.5 Å². The second-order valence-corrected chi connectivity index (χ2v) is 6.51. The van der Waals surface area contributed by atoms with E-state index in [-0.39, 0.29) is 16.2 Å². The smallest absolute Gasteiger partial charge is 0.256 e. The SMILES string of the molecule is N#Cc1c(NC(=O)c2cc(Cl)nc(Cl)c2)sc2c1CCC2. The number of carbonyl (C=O) groups excluding carboxylic acids is 1. The Morgan fingerprint density at radius 2 is 2.05 bits per heavy atom. The van der Waals surface area contributed by atoms with Crippen LogP contribution < -0.4 is 5.32 Å². The number of aryl methyl sites for hydroxylation is 1. The van der Waals surface area contributed by atoms with Crippen LogP contribution in [0.3, 0.4) is 0 Å². The van der Waals surface area contributed by atoms with Crippen LogP contribution in [0.4, 0.5) is 5.00 Å². The molecule has 0 saturated heterocycles. The number of carbonyl (C=O) groups is 1. The summed E-state index contributed by atoms with van der Waals surface area (Å²) in [7, 11) is 0. The summed E-state index contributed by atoms with van der Waals surface area (Å²) in [5, 5.41) is 13.0. The van der Waals surface area contributed by atoms with Crippen LogP contribution in [0, 0.1) is 11.3 Å². The van der Waals surface area contributed by atoms with Gasteiger partial charge in [-0.2, -0.15) is 5.26 Å². The molecule has 0 unspecified atom stereocenters. The zero-order valence-corrected chi connectivity index (χ0v) is 13.1. The number of nitrogens with one attached hydrogen (secondary N) is 1. The van der Waals surface area contributed by atoms with Crippen molar-refractivity contribution in [3.05, 3.63) is 44.0 Å². The van der Waals surface area contributed by atoms with E-state index >= 15 is 0 Å². The number of rotatable bonds is 2. The van der Waals surface area contributed by atoms with Gasteiger partial charge in [0.25, 0.3) is 5.91 Å². The van der Waals surface area contributed by atoms with Gasteiger partial charge >= 0.3 is 0 Å². The van der Waals surface area contributed by atoms with Crippen LogP contribution in [0.1, 0.15) is 32.8 Å². The molecule has 0 spiro atoms. The topological polar surface area (TPSA) is 65.8 Å². The first-order chi connectivity index (χ1) is 10.1. The summed E-state index contributed by atoms with van der Waals surface area (Å²) in [6.45, 7) is 0. The minimum Gasteiger partial charge on any atom is -0.312 e. The van der Waals surface area contributed by atoms with Crippen molar-refractivity contribution in [1.29, 1.82) is 5.26 Å². The van der Waals surface area contributed by atoms with Gasteiger partial charge in [0, 0.05) is 10.4 Å². The fourth-order valence-corrected chi connectivity index (χ4v) is 4.08. The average molecular weight is 338 g/mol. The number of anilines is 1. The summed E-state index contributed by atoms with van der Waals surface area (Å²) in [4.78, 5) is 17.2. The molecule has 4 nitrogen and oxygen atoms in total. The second-order valence-electron chi connectivity index (χ2n) is 4.63. The van der Waals surface area contributed by atoms with Gasteiger partial charge in [0.2, 0.25) is 0 Å². The Kier molecular flexibility index (Phi) is 3.85. The highest BCUT2D eigenvalue weighted by Crippen LogP contribution is 2.38. The first-order valence-corrected chi connectivity index (χ1v) is 7.85. The van der Waals surface area contributed by atoms with E-state index in [2.05, 4.69) is 16.4 Å². The fraction of sp³-hybridized carbons (Fsp3) is 0.214. The summed E-state index contributed by atoms with van der Waals surface area (Å²) < 4.78 is 0. The number of halogens is 2. The van der Waals surface area contributed by atoms with Crippen molar-refractivity contribution in [3.63, 3.8) is 0 Å². The summed E-state index contributed by atoms with van der Waals surface area (Å²) in [6.07, 6.45) is 2.94. The van der Waals surface area contributed by atoms with Gasteiger partial charge in [-0.25, -0.2) is 4.98 Å². The lowest BCUT2D eigenvalue weighted by Gasteiger charge is -2.05. The number of fused-ring (bicyclic) bond motifs is 1. The van der Waals surface area contributed by atoms with E-state index in [1.807, 2.05) is 0 Å². The quantitative estimate of drug-likeness (QED) is 0.840. The Morgan fingerprint density at radius 3 is 2.71 bits per heavy atom. The summed E-state index contributed by atoms with van der Waals surface area (Å²) >= 11 is 13.1. The largest absolute Gasteiger partial charge is 0.312 e. The monoisotopic (exact) mass is 337 g/mol. The molecule has 7 heteroatoms. The van der Waals surface area contributed by atoms with Crippen molar-refractivity contribution in [1.82, 2.24) is 4.98 Å². The molecule has 0 radical (unpaired) electrons. The van der Waals surface area contributed by atoms with E-state index in [0.29, 0.717) is 16.1 Å². The van der Waals surface area contributed by atoms with Gasteiger partial charge in [-0.3, -0.25) is 4.79 Å². The molecule has 0 aliphatic heterocycles. The van der Waals surface area contributed by atoms with Crippen molar-refractivity contribution in [2.45, 2.75) is 19.3 Å². The van der Waals surface area contributed by atoms with E-state index < -0.39 is 0 Å². The lowest BCUT2D eigenvalue weighted by Crippen LogP contribution is -2.12. The van der Waals surface area contributed by atoms with Gasteiger partial charge in [-0.15, -0.1) is 11.3 Å². The van der Waals surface area contributed by atoms with Crippen LogP contribution in [0.15, 0.2) is 12.1 Å². The third-order valence-corrected chi connectivity index (χ3v) is 4.88. The Labute approximate surface area is 135 Å². The summed E-state index contributed by atoms with van der Waals surface area (Å²) in [6, 6.07) is 5.07. The van der Waals surface area contributed by atoms with E-state index in [1.165, 1.54) is 28.3 Å². The van der Waals surface area contributed by atoms with Crippen molar-refractivity contribution < 1.29 is 4.79 Å².